The Balaban J connectivity index is 1.96. The molecule has 3 aromatic carbocycles. The molecule has 3 aromatic rings. The van der Waals surface area contributed by atoms with Crippen LogP contribution < -0.4 is 4.74 Å². The lowest BCUT2D eigenvalue weighted by Crippen LogP contribution is -1.99. The van der Waals surface area contributed by atoms with Gasteiger partial charge < -0.3 is 4.74 Å². The Morgan fingerprint density at radius 3 is 2.25 bits per heavy atom. The topological polar surface area (TPSA) is 9.23 Å². The molecule has 0 saturated heterocycles. The van der Waals surface area contributed by atoms with Crippen LogP contribution in [-0.2, 0) is 6.42 Å². The summed E-state index contributed by atoms with van der Waals surface area (Å²) in [4.78, 5) is 0. The Kier molecular flexibility index (Phi) is 4.81. The summed E-state index contributed by atoms with van der Waals surface area (Å²) < 4.78 is 5.24. The Morgan fingerprint density at radius 2 is 1.58 bits per heavy atom. The Morgan fingerprint density at radius 1 is 0.875 bits per heavy atom. The number of methoxy groups -OCH3 is 1. The number of benzene rings is 3. The predicted molar refractivity (Wildman–Crippen MR) is 102 cm³/mol. The van der Waals surface area contributed by atoms with Crippen molar-refractivity contribution >= 4 is 5.57 Å². The molecule has 0 unspecified atom stereocenters. The third-order valence-electron chi connectivity index (χ3n) is 4.34. The van der Waals surface area contributed by atoms with Crippen LogP contribution in [0.2, 0.25) is 0 Å². The molecule has 0 radical (unpaired) electrons. The first-order chi connectivity index (χ1) is 11.7. The number of rotatable bonds is 5. The van der Waals surface area contributed by atoms with Crippen molar-refractivity contribution in [3.8, 4) is 5.75 Å². The minimum atomic E-state index is 0.882. The van der Waals surface area contributed by atoms with Crippen molar-refractivity contribution in [1.82, 2.24) is 0 Å². The van der Waals surface area contributed by atoms with E-state index >= 15 is 0 Å². The Labute approximate surface area is 144 Å². The Bertz CT molecular complexity index is 830. The molecular formula is C23H22O. The van der Waals surface area contributed by atoms with Crippen LogP contribution in [0, 0.1) is 6.92 Å². The van der Waals surface area contributed by atoms with E-state index in [2.05, 4.69) is 68.1 Å². The zero-order chi connectivity index (χ0) is 16.9. The molecule has 24 heavy (non-hydrogen) atoms. The van der Waals surface area contributed by atoms with Crippen LogP contribution in [-0.4, -0.2) is 7.11 Å². The summed E-state index contributed by atoms with van der Waals surface area (Å²) in [5, 5.41) is 0. The maximum atomic E-state index is 5.24. The third kappa shape index (κ3) is 3.41. The summed E-state index contributed by atoms with van der Waals surface area (Å²) in [6, 6.07) is 25.1. The molecule has 0 N–H and O–H groups in total. The monoisotopic (exact) mass is 314 g/mol. The summed E-state index contributed by atoms with van der Waals surface area (Å²) >= 11 is 0. The summed E-state index contributed by atoms with van der Waals surface area (Å²) in [6.07, 6.45) is 0.882. The van der Waals surface area contributed by atoms with Crippen molar-refractivity contribution in [1.29, 1.82) is 0 Å². The fourth-order valence-electron chi connectivity index (χ4n) is 3.05. The quantitative estimate of drug-likeness (QED) is 0.591. The van der Waals surface area contributed by atoms with Gasteiger partial charge >= 0.3 is 0 Å². The normalized spacial score (nSPS) is 10.4. The molecule has 0 spiro atoms. The second kappa shape index (κ2) is 7.18. The molecule has 0 aliphatic heterocycles. The first-order valence-electron chi connectivity index (χ1n) is 8.15. The molecule has 1 nitrogen and oxygen atoms in total. The van der Waals surface area contributed by atoms with Gasteiger partial charge in [-0.25, -0.2) is 0 Å². The second-order valence-electron chi connectivity index (χ2n) is 5.98. The molecule has 0 aromatic heterocycles. The number of ether oxygens (including phenoxy) is 1. The molecule has 0 fully saturated rings. The van der Waals surface area contributed by atoms with E-state index in [-0.39, 0.29) is 0 Å². The van der Waals surface area contributed by atoms with E-state index in [1.165, 1.54) is 27.8 Å². The summed E-state index contributed by atoms with van der Waals surface area (Å²) in [5.74, 6) is 0.886. The van der Waals surface area contributed by atoms with E-state index in [0.717, 1.165) is 17.7 Å². The van der Waals surface area contributed by atoms with Crippen molar-refractivity contribution in [3.63, 3.8) is 0 Å². The minimum Gasteiger partial charge on any atom is -0.497 e. The highest BCUT2D eigenvalue weighted by Crippen LogP contribution is 2.29. The van der Waals surface area contributed by atoms with Crippen molar-refractivity contribution in [2.75, 3.05) is 7.11 Å². The number of hydrogen-bond donors (Lipinski definition) is 0. The number of aryl methyl sites for hydroxylation is 1. The van der Waals surface area contributed by atoms with Crippen LogP contribution >= 0.6 is 0 Å². The predicted octanol–water partition coefficient (Wildman–Crippen LogP) is 5.66. The molecule has 0 amide bonds. The van der Waals surface area contributed by atoms with Gasteiger partial charge in [0.25, 0.3) is 0 Å². The molecule has 0 bridgehead atoms. The molecule has 0 atom stereocenters. The van der Waals surface area contributed by atoms with Crippen LogP contribution in [0.3, 0.4) is 0 Å². The SMILES string of the molecule is C=C(c1ccccc1)c1c(C)cccc1Cc1ccc(OC)cc1. The van der Waals surface area contributed by atoms with Crippen LogP contribution in [0.25, 0.3) is 5.57 Å². The molecule has 3 rings (SSSR count). The van der Waals surface area contributed by atoms with Crippen LogP contribution in [0.4, 0.5) is 0 Å². The molecule has 0 aliphatic carbocycles. The van der Waals surface area contributed by atoms with Gasteiger partial charge in [-0.05, 0) is 58.9 Å². The first-order valence-corrected chi connectivity index (χ1v) is 8.15. The highest BCUT2D eigenvalue weighted by Gasteiger charge is 2.11. The zero-order valence-electron chi connectivity index (χ0n) is 14.3. The number of hydrogen-bond acceptors (Lipinski definition) is 1. The third-order valence-corrected chi connectivity index (χ3v) is 4.34. The first kappa shape index (κ1) is 16.1. The van der Waals surface area contributed by atoms with E-state index in [4.69, 9.17) is 4.74 Å². The molecule has 1 heteroatoms. The molecule has 0 aliphatic rings. The van der Waals surface area contributed by atoms with Crippen LogP contribution in [0.15, 0.2) is 79.4 Å². The fraction of sp³-hybridized carbons (Fsp3) is 0.130. The molecule has 0 heterocycles. The lowest BCUT2D eigenvalue weighted by molar-refractivity contribution is 0.414. The highest BCUT2D eigenvalue weighted by molar-refractivity contribution is 5.81. The van der Waals surface area contributed by atoms with Crippen molar-refractivity contribution in [2.24, 2.45) is 0 Å². The van der Waals surface area contributed by atoms with E-state index in [9.17, 15) is 0 Å². The summed E-state index contributed by atoms with van der Waals surface area (Å²) in [6.45, 7) is 6.52. The Hall–Kier alpha value is -2.80. The maximum Gasteiger partial charge on any atom is 0.118 e. The standard InChI is InChI=1S/C23H22O/c1-17-8-7-11-21(16-19-12-14-22(24-3)15-13-19)23(17)18(2)20-9-5-4-6-10-20/h4-15H,2,16H2,1,3H3. The van der Waals surface area contributed by atoms with Gasteiger partial charge in [0.2, 0.25) is 0 Å². The van der Waals surface area contributed by atoms with Crippen LogP contribution in [0.1, 0.15) is 27.8 Å². The van der Waals surface area contributed by atoms with Crippen LogP contribution in [0.5, 0.6) is 5.75 Å². The van der Waals surface area contributed by atoms with Gasteiger partial charge in [0.1, 0.15) is 5.75 Å². The van der Waals surface area contributed by atoms with E-state index in [1.807, 2.05) is 18.2 Å². The van der Waals surface area contributed by atoms with E-state index < -0.39 is 0 Å². The largest absolute Gasteiger partial charge is 0.497 e. The van der Waals surface area contributed by atoms with Gasteiger partial charge in [0.15, 0.2) is 0 Å². The summed E-state index contributed by atoms with van der Waals surface area (Å²) in [7, 11) is 1.69. The maximum absolute atomic E-state index is 5.24. The highest BCUT2D eigenvalue weighted by atomic mass is 16.5. The lowest BCUT2D eigenvalue weighted by Gasteiger charge is -2.16. The van der Waals surface area contributed by atoms with E-state index in [0.29, 0.717) is 0 Å². The minimum absolute atomic E-state index is 0.882. The van der Waals surface area contributed by atoms with Crippen molar-refractivity contribution in [2.45, 2.75) is 13.3 Å². The fourth-order valence-corrected chi connectivity index (χ4v) is 3.05. The average molecular weight is 314 g/mol. The van der Waals surface area contributed by atoms with Gasteiger partial charge in [-0.15, -0.1) is 0 Å². The molecule has 120 valence electrons. The zero-order valence-corrected chi connectivity index (χ0v) is 14.3. The van der Waals surface area contributed by atoms with E-state index in [1.54, 1.807) is 7.11 Å². The summed E-state index contributed by atoms with van der Waals surface area (Å²) in [5.41, 5.74) is 7.33. The van der Waals surface area contributed by atoms with Gasteiger partial charge in [0, 0.05) is 0 Å². The second-order valence-corrected chi connectivity index (χ2v) is 5.98. The van der Waals surface area contributed by atoms with Gasteiger partial charge in [-0.3, -0.25) is 0 Å². The smallest absolute Gasteiger partial charge is 0.118 e. The van der Waals surface area contributed by atoms with Gasteiger partial charge in [-0.2, -0.15) is 0 Å². The van der Waals surface area contributed by atoms with Gasteiger partial charge in [-0.1, -0.05) is 67.2 Å². The van der Waals surface area contributed by atoms with Gasteiger partial charge in [0.05, 0.1) is 7.11 Å². The van der Waals surface area contributed by atoms with Crippen molar-refractivity contribution in [3.05, 3.63) is 107 Å². The molecule has 0 saturated carbocycles. The molecular weight excluding hydrogens is 292 g/mol. The average Bonchev–Trinajstić information content (AvgIpc) is 2.63. The lowest BCUT2D eigenvalue weighted by atomic mass is 9.89. The van der Waals surface area contributed by atoms with Crippen molar-refractivity contribution < 1.29 is 4.74 Å².